The van der Waals surface area contributed by atoms with Crippen molar-refractivity contribution in [3.8, 4) is 0 Å². The second-order valence-electron chi connectivity index (χ2n) is 7.24. The lowest BCUT2D eigenvalue weighted by Crippen LogP contribution is -2.49. The largest absolute Gasteiger partial charge is 0.381 e. The molecule has 1 saturated heterocycles. The summed E-state index contributed by atoms with van der Waals surface area (Å²) in [4.78, 5) is 2.29. The molecule has 0 spiro atoms. The SMILES string of the molecule is COC1CC(C2CC2COCCCCOC2CN(C)C2)C1. The van der Waals surface area contributed by atoms with Gasteiger partial charge >= 0.3 is 0 Å². The van der Waals surface area contributed by atoms with Crippen molar-refractivity contribution >= 4 is 0 Å². The number of methoxy groups -OCH3 is 1. The van der Waals surface area contributed by atoms with E-state index in [2.05, 4.69) is 11.9 Å². The number of hydrogen-bond acceptors (Lipinski definition) is 4. The van der Waals surface area contributed by atoms with Crippen molar-refractivity contribution in [2.45, 2.75) is 44.3 Å². The van der Waals surface area contributed by atoms with Crippen molar-refractivity contribution in [3.63, 3.8) is 0 Å². The molecule has 4 nitrogen and oxygen atoms in total. The van der Waals surface area contributed by atoms with Crippen molar-refractivity contribution in [3.05, 3.63) is 0 Å². The Bertz CT molecular complexity index is 313. The van der Waals surface area contributed by atoms with Gasteiger partial charge in [0.25, 0.3) is 0 Å². The van der Waals surface area contributed by atoms with Gasteiger partial charge in [-0.3, -0.25) is 0 Å². The van der Waals surface area contributed by atoms with Crippen LogP contribution in [0.25, 0.3) is 0 Å². The quantitative estimate of drug-likeness (QED) is 0.578. The first-order valence-corrected chi connectivity index (χ1v) is 8.67. The number of ether oxygens (including phenoxy) is 3. The zero-order valence-electron chi connectivity index (χ0n) is 13.6. The molecule has 122 valence electrons. The summed E-state index contributed by atoms with van der Waals surface area (Å²) in [5.74, 6) is 2.71. The summed E-state index contributed by atoms with van der Waals surface area (Å²) in [6.45, 7) is 4.99. The van der Waals surface area contributed by atoms with E-state index in [0.29, 0.717) is 12.2 Å². The summed E-state index contributed by atoms with van der Waals surface area (Å²) < 4.78 is 17.0. The van der Waals surface area contributed by atoms with Crippen LogP contribution < -0.4 is 0 Å². The Morgan fingerprint density at radius 3 is 2.48 bits per heavy atom. The van der Waals surface area contributed by atoms with E-state index in [0.717, 1.165) is 63.5 Å². The van der Waals surface area contributed by atoms with Crippen molar-refractivity contribution in [2.24, 2.45) is 17.8 Å². The van der Waals surface area contributed by atoms with Crippen LogP contribution in [-0.2, 0) is 14.2 Å². The number of hydrogen-bond donors (Lipinski definition) is 0. The van der Waals surface area contributed by atoms with E-state index in [9.17, 15) is 0 Å². The fourth-order valence-corrected chi connectivity index (χ4v) is 3.73. The molecule has 3 aliphatic rings. The second kappa shape index (κ2) is 7.40. The van der Waals surface area contributed by atoms with Gasteiger partial charge in [-0.15, -0.1) is 0 Å². The number of nitrogens with zero attached hydrogens (tertiary/aromatic N) is 1. The molecule has 2 aliphatic carbocycles. The summed E-state index contributed by atoms with van der Waals surface area (Å²) >= 11 is 0. The van der Waals surface area contributed by atoms with E-state index < -0.39 is 0 Å². The van der Waals surface area contributed by atoms with E-state index in [1.807, 2.05) is 7.11 Å². The Hall–Kier alpha value is -0.160. The van der Waals surface area contributed by atoms with Gasteiger partial charge in [0.2, 0.25) is 0 Å². The van der Waals surface area contributed by atoms with Gasteiger partial charge in [-0.05, 0) is 56.9 Å². The molecule has 0 radical (unpaired) electrons. The Morgan fingerprint density at radius 1 is 1.00 bits per heavy atom. The Morgan fingerprint density at radius 2 is 1.76 bits per heavy atom. The molecule has 0 amide bonds. The summed E-state index contributed by atoms with van der Waals surface area (Å²) in [5, 5.41) is 0. The minimum atomic E-state index is 0.488. The molecule has 0 aromatic heterocycles. The van der Waals surface area contributed by atoms with Crippen LogP contribution in [0.5, 0.6) is 0 Å². The van der Waals surface area contributed by atoms with Gasteiger partial charge in [0.1, 0.15) is 0 Å². The van der Waals surface area contributed by atoms with Crippen molar-refractivity contribution in [1.29, 1.82) is 0 Å². The van der Waals surface area contributed by atoms with Crippen LogP contribution in [0.3, 0.4) is 0 Å². The third kappa shape index (κ3) is 4.41. The van der Waals surface area contributed by atoms with Gasteiger partial charge < -0.3 is 19.1 Å². The van der Waals surface area contributed by atoms with E-state index >= 15 is 0 Å². The predicted molar refractivity (Wildman–Crippen MR) is 82.4 cm³/mol. The van der Waals surface area contributed by atoms with Crippen molar-refractivity contribution < 1.29 is 14.2 Å². The van der Waals surface area contributed by atoms with E-state index in [1.165, 1.54) is 19.3 Å². The molecule has 0 aromatic rings. The zero-order valence-corrected chi connectivity index (χ0v) is 13.6. The highest BCUT2D eigenvalue weighted by Crippen LogP contribution is 2.52. The van der Waals surface area contributed by atoms with Crippen molar-refractivity contribution in [2.75, 3.05) is 47.1 Å². The van der Waals surface area contributed by atoms with Crippen LogP contribution in [0, 0.1) is 17.8 Å². The van der Waals surface area contributed by atoms with E-state index in [4.69, 9.17) is 14.2 Å². The predicted octanol–water partition coefficient (Wildman–Crippen LogP) is 2.17. The molecule has 0 bridgehead atoms. The second-order valence-corrected chi connectivity index (χ2v) is 7.24. The number of rotatable bonds is 10. The maximum absolute atomic E-state index is 5.83. The molecular formula is C17H31NO3. The molecule has 2 saturated carbocycles. The molecule has 0 aromatic carbocycles. The minimum Gasteiger partial charge on any atom is -0.381 e. The topological polar surface area (TPSA) is 30.9 Å². The normalized spacial score (nSPS) is 36.3. The van der Waals surface area contributed by atoms with Crippen LogP contribution >= 0.6 is 0 Å². The highest BCUT2D eigenvalue weighted by Gasteiger charge is 2.47. The molecule has 4 heteroatoms. The molecule has 2 atom stereocenters. The summed E-state index contributed by atoms with van der Waals surface area (Å²) in [5.41, 5.74) is 0. The summed E-state index contributed by atoms with van der Waals surface area (Å²) in [7, 11) is 3.97. The van der Waals surface area contributed by atoms with Gasteiger partial charge in [-0.1, -0.05) is 0 Å². The van der Waals surface area contributed by atoms with Crippen LogP contribution in [0.2, 0.25) is 0 Å². The highest BCUT2D eigenvalue weighted by atomic mass is 16.5. The van der Waals surface area contributed by atoms with Crippen LogP contribution in [-0.4, -0.2) is 64.2 Å². The average Bonchev–Trinajstić information content (AvgIpc) is 3.13. The minimum absolute atomic E-state index is 0.488. The molecular weight excluding hydrogens is 266 g/mol. The lowest BCUT2D eigenvalue weighted by Gasteiger charge is -2.35. The smallest absolute Gasteiger partial charge is 0.0828 e. The third-order valence-corrected chi connectivity index (χ3v) is 5.45. The van der Waals surface area contributed by atoms with Gasteiger partial charge in [0.05, 0.1) is 12.2 Å². The summed E-state index contributed by atoms with van der Waals surface area (Å²) in [6, 6.07) is 0. The van der Waals surface area contributed by atoms with Gasteiger partial charge in [-0.2, -0.15) is 0 Å². The molecule has 3 fully saturated rings. The average molecular weight is 297 g/mol. The zero-order chi connectivity index (χ0) is 14.7. The Kier molecular flexibility index (Phi) is 5.54. The molecule has 0 N–H and O–H groups in total. The molecule has 21 heavy (non-hydrogen) atoms. The maximum atomic E-state index is 5.83. The standard InChI is InChI=1S/C17H31NO3/c1-18-10-16(11-18)21-6-4-3-5-20-12-14-9-17(14)13-7-15(8-13)19-2/h13-17H,3-12H2,1-2H3. The molecule has 3 rings (SSSR count). The monoisotopic (exact) mass is 297 g/mol. The van der Waals surface area contributed by atoms with Gasteiger partial charge in [0, 0.05) is 40.0 Å². The van der Waals surface area contributed by atoms with Crippen molar-refractivity contribution in [1.82, 2.24) is 4.90 Å². The van der Waals surface area contributed by atoms with Gasteiger partial charge in [-0.25, -0.2) is 0 Å². The van der Waals surface area contributed by atoms with Gasteiger partial charge in [0.15, 0.2) is 0 Å². The maximum Gasteiger partial charge on any atom is 0.0828 e. The number of likely N-dealkylation sites (tertiary alicyclic amines) is 1. The fourth-order valence-electron chi connectivity index (χ4n) is 3.73. The number of likely N-dealkylation sites (N-methyl/N-ethyl adjacent to an activating group) is 1. The molecule has 1 aliphatic heterocycles. The summed E-state index contributed by atoms with van der Waals surface area (Å²) in [6.07, 6.45) is 7.26. The van der Waals surface area contributed by atoms with Crippen LogP contribution in [0.15, 0.2) is 0 Å². The van der Waals surface area contributed by atoms with E-state index in [-0.39, 0.29) is 0 Å². The molecule has 2 unspecified atom stereocenters. The lowest BCUT2D eigenvalue weighted by molar-refractivity contribution is -0.0454. The molecule has 1 heterocycles. The first kappa shape index (κ1) is 15.7. The first-order valence-electron chi connectivity index (χ1n) is 8.67. The van der Waals surface area contributed by atoms with Crippen LogP contribution in [0.4, 0.5) is 0 Å². The Balaban J connectivity index is 1.10. The first-order chi connectivity index (χ1) is 10.3. The van der Waals surface area contributed by atoms with E-state index in [1.54, 1.807) is 0 Å². The number of unbranched alkanes of at least 4 members (excludes halogenated alkanes) is 1. The van der Waals surface area contributed by atoms with Crippen LogP contribution in [0.1, 0.15) is 32.1 Å². The lowest BCUT2D eigenvalue weighted by atomic mass is 9.78. The highest BCUT2D eigenvalue weighted by molar-refractivity contribution is 4.97. The third-order valence-electron chi connectivity index (χ3n) is 5.45. The fraction of sp³-hybridized carbons (Fsp3) is 1.00. The Labute approximate surface area is 129 Å².